The van der Waals surface area contributed by atoms with Gasteiger partial charge in [-0.2, -0.15) is 0 Å². The van der Waals surface area contributed by atoms with Crippen molar-refractivity contribution in [2.24, 2.45) is 11.5 Å². The van der Waals surface area contributed by atoms with Gasteiger partial charge in [0, 0.05) is 24.7 Å². The second kappa shape index (κ2) is 7.86. The molecule has 0 spiro atoms. The lowest BCUT2D eigenvalue weighted by molar-refractivity contribution is 0.100. The van der Waals surface area contributed by atoms with Gasteiger partial charge < -0.3 is 21.1 Å². The van der Waals surface area contributed by atoms with Crippen molar-refractivity contribution in [1.29, 1.82) is 0 Å². The SMILES string of the molecule is NC(=O)c1ccc(N2CCC(N)C2)nc1-c1ccc(OC2=CCCC=C2)cc1. The maximum atomic E-state index is 11.9. The Morgan fingerprint density at radius 1 is 1.14 bits per heavy atom. The van der Waals surface area contributed by atoms with Crippen LogP contribution in [0.3, 0.4) is 0 Å². The molecule has 0 bridgehead atoms. The first-order valence-corrected chi connectivity index (χ1v) is 9.56. The van der Waals surface area contributed by atoms with Crippen LogP contribution in [-0.2, 0) is 0 Å². The Morgan fingerprint density at radius 2 is 1.96 bits per heavy atom. The van der Waals surface area contributed by atoms with Crippen LogP contribution in [0.5, 0.6) is 5.75 Å². The number of allylic oxidation sites excluding steroid dienone is 3. The molecule has 1 atom stereocenters. The monoisotopic (exact) mass is 376 g/mol. The number of carbonyl (C=O) groups is 1. The summed E-state index contributed by atoms with van der Waals surface area (Å²) in [5, 5.41) is 0. The topological polar surface area (TPSA) is 94.5 Å². The number of nitrogens with zero attached hydrogens (tertiary/aromatic N) is 2. The van der Waals surface area contributed by atoms with Crippen LogP contribution >= 0.6 is 0 Å². The Kier molecular flexibility index (Phi) is 5.12. The molecule has 2 aromatic rings. The van der Waals surface area contributed by atoms with Crippen molar-refractivity contribution in [3.05, 3.63) is 65.9 Å². The highest BCUT2D eigenvalue weighted by Crippen LogP contribution is 2.28. The molecule has 0 radical (unpaired) electrons. The number of aromatic nitrogens is 1. The fourth-order valence-electron chi connectivity index (χ4n) is 3.52. The van der Waals surface area contributed by atoms with Crippen molar-refractivity contribution in [1.82, 2.24) is 4.98 Å². The number of carbonyl (C=O) groups excluding carboxylic acids is 1. The minimum atomic E-state index is -0.495. The largest absolute Gasteiger partial charge is 0.458 e. The first-order valence-electron chi connectivity index (χ1n) is 9.56. The van der Waals surface area contributed by atoms with Crippen molar-refractivity contribution in [3.8, 4) is 17.0 Å². The molecular formula is C22H24N4O2. The van der Waals surface area contributed by atoms with Gasteiger partial charge in [0.15, 0.2) is 0 Å². The van der Waals surface area contributed by atoms with Gasteiger partial charge in [0.2, 0.25) is 0 Å². The summed E-state index contributed by atoms with van der Waals surface area (Å²) in [5.41, 5.74) is 13.4. The lowest BCUT2D eigenvalue weighted by Crippen LogP contribution is -2.27. The molecule has 144 valence electrons. The minimum Gasteiger partial charge on any atom is -0.458 e. The molecule has 4 rings (SSSR count). The van der Waals surface area contributed by atoms with E-state index in [1.54, 1.807) is 6.07 Å². The summed E-state index contributed by atoms with van der Waals surface area (Å²) in [7, 11) is 0. The number of nitrogens with two attached hydrogens (primary N) is 2. The molecule has 2 aliphatic rings. The van der Waals surface area contributed by atoms with E-state index in [1.165, 1.54) is 0 Å². The zero-order valence-electron chi connectivity index (χ0n) is 15.7. The standard InChI is InChI=1S/C22H24N4O2/c23-16-12-13-26(14-16)20-11-10-19(22(24)27)21(25-20)15-6-8-18(9-7-15)28-17-4-2-1-3-5-17/h2,4-11,16H,1,3,12-14,23H2,(H2,24,27). The zero-order valence-corrected chi connectivity index (χ0v) is 15.7. The fourth-order valence-corrected chi connectivity index (χ4v) is 3.52. The number of anilines is 1. The van der Waals surface area contributed by atoms with Crippen molar-refractivity contribution in [2.75, 3.05) is 18.0 Å². The highest BCUT2D eigenvalue weighted by atomic mass is 16.5. The molecule has 1 aliphatic carbocycles. The Bertz CT molecular complexity index is 934. The number of ether oxygens (including phenoxy) is 1. The van der Waals surface area contributed by atoms with E-state index in [0.29, 0.717) is 11.3 Å². The molecule has 28 heavy (non-hydrogen) atoms. The molecule has 1 aliphatic heterocycles. The van der Waals surface area contributed by atoms with Crippen LogP contribution in [0.1, 0.15) is 29.6 Å². The van der Waals surface area contributed by atoms with Gasteiger partial charge in [-0.3, -0.25) is 4.79 Å². The first kappa shape index (κ1) is 18.3. The number of rotatable bonds is 5. The quantitative estimate of drug-likeness (QED) is 0.836. The average Bonchev–Trinajstić information content (AvgIpc) is 3.15. The summed E-state index contributed by atoms with van der Waals surface area (Å²) in [6, 6.07) is 11.3. The molecule has 6 heteroatoms. The van der Waals surface area contributed by atoms with Gasteiger partial charge in [-0.05, 0) is 67.8 Å². The zero-order chi connectivity index (χ0) is 19.5. The van der Waals surface area contributed by atoms with Gasteiger partial charge in [-0.15, -0.1) is 0 Å². The van der Waals surface area contributed by atoms with Crippen molar-refractivity contribution < 1.29 is 9.53 Å². The number of primary amides is 1. The number of benzene rings is 1. The molecule has 1 saturated heterocycles. The third-order valence-corrected chi connectivity index (χ3v) is 5.02. The van der Waals surface area contributed by atoms with Crippen LogP contribution in [0.4, 0.5) is 5.82 Å². The molecule has 1 aromatic heterocycles. The number of hydrogen-bond donors (Lipinski definition) is 2. The minimum absolute atomic E-state index is 0.153. The van der Waals surface area contributed by atoms with Gasteiger partial charge in [-0.25, -0.2) is 4.98 Å². The lowest BCUT2D eigenvalue weighted by atomic mass is 10.0. The molecule has 0 saturated carbocycles. The van der Waals surface area contributed by atoms with Crippen LogP contribution in [0.15, 0.2) is 60.4 Å². The number of hydrogen-bond acceptors (Lipinski definition) is 5. The summed E-state index contributed by atoms with van der Waals surface area (Å²) in [6.45, 7) is 1.62. The summed E-state index contributed by atoms with van der Waals surface area (Å²) < 4.78 is 5.88. The molecule has 1 fully saturated rings. The van der Waals surface area contributed by atoms with E-state index < -0.39 is 5.91 Å². The molecular weight excluding hydrogens is 352 g/mol. The Hall–Kier alpha value is -3.12. The normalized spacial score (nSPS) is 18.8. The highest BCUT2D eigenvalue weighted by Gasteiger charge is 2.22. The third-order valence-electron chi connectivity index (χ3n) is 5.02. The smallest absolute Gasteiger partial charge is 0.250 e. The van der Waals surface area contributed by atoms with Crippen LogP contribution in [0, 0.1) is 0 Å². The van der Waals surface area contributed by atoms with E-state index in [1.807, 2.05) is 36.4 Å². The van der Waals surface area contributed by atoms with E-state index >= 15 is 0 Å². The number of pyridine rings is 1. The van der Waals surface area contributed by atoms with Crippen LogP contribution in [0.25, 0.3) is 11.3 Å². The maximum Gasteiger partial charge on any atom is 0.250 e. The van der Waals surface area contributed by atoms with Crippen molar-refractivity contribution in [3.63, 3.8) is 0 Å². The second-order valence-electron chi connectivity index (χ2n) is 7.14. The van der Waals surface area contributed by atoms with Gasteiger partial charge in [0.05, 0.1) is 11.3 Å². The van der Waals surface area contributed by atoms with E-state index in [0.717, 1.165) is 55.2 Å². The Labute approximate surface area is 164 Å². The second-order valence-corrected chi connectivity index (χ2v) is 7.14. The first-order chi connectivity index (χ1) is 13.6. The third kappa shape index (κ3) is 3.92. The van der Waals surface area contributed by atoms with Crippen LogP contribution in [0.2, 0.25) is 0 Å². The van der Waals surface area contributed by atoms with Gasteiger partial charge in [0.25, 0.3) is 5.91 Å². The van der Waals surface area contributed by atoms with E-state index in [4.69, 9.17) is 21.2 Å². The van der Waals surface area contributed by atoms with Crippen molar-refractivity contribution >= 4 is 11.7 Å². The van der Waals surface area contributed by atoms with Gasteiger partial charge >= 0.3 is 0 Å². The van der Waals surface area contributed by atoms with Gasteiger partial charge in [-0.1, -0.05) is 6.08 Å². The maximum absolute atomic E-state index is 11.9. The average molecular weight is 376 g/mol. The Balaban J connectivity index is 1.62. The Morgan fingerprint density at radius 3 is 2.61 bits per heavy atom. The summed E-state index contributed by atoms with van der Waals surface area (Å²) in [6.07, 6.45) is 9.13. The molecule has 1 aromatic carbocycles. The van der Waals surface area contributed by atoms with Crippen LogP contribution in [-0.4, -0.2) is 30.0 Å². The van der Waals surface area contributed by atoms with E-state index in [9.17, 15) is 4.79 Å². The molecule has 2 heterocycles. The van der Waals surface area contributed by atoms with E-state index in [-0.39, 0.29) is 6.04 Å². The summed E-state index contributed by atoms with van der Waals surface area (Å²) in [4.78, 5) is 18.8. The van der Waals surface area contributed by atoms with Gasteiger partial charge in [0.1, 0.15) is 17.3 Å². The predicted molar refractivity (Wildman–Crippen MR) is 110 cm³/mol. The molecule has 1 amide bonds. The molecule has 6 nitrogen and oxygen atoms in total. The highest BCUT2D eigenvalue weighted by molar-refractivity contribution is 5.99. The lowest BCUT2D eigenvalue weighted by Gasteiger charge is -2.19. The molecule has 1 unspecified atom stereocenters. The summed E-state index contributed by atoms with van der Waals surface area (Å²) >= 11 is 0. The number of amides is 1. The summed E-state index contributed by atoms with van der Waals surface area (Å²) in [5.74, 6) is 1.90. The predicted octanol–water partition coefficient (Wildman–Crippen LogP) is 3.00. The molecule has 4 N–H and O–H groups in total. The fraction of sp³-hybridized carbons (Fsp3) is 0.273. The van der Waals surface area contributed by atoms with Crippen molar-refractivity contribution in [2.45, 2.75) is 25.3 Å². The van der Waals surface area contributed by atoms with Crippen LogP contribution < -0.4 is 21.1 Å². The van der Waals surface area contributed by atoms with E-state index in [2.05, 4.69) is 17.1 Å².